The van der Waals surface area contributed by atoms with Crippen LogP contribution in [0.4, 0.5) is 0 Å². The molecule has 0 saturated carbocycles. The summed E-state index contributed by atoms with van der Waals surface area (Å²) in [6.45, 7) is 4.04. The summed E-state index contributed by atoms with van der Waals surface area (Å²) >= 11 is -4.23. The zero-order valence-corrected chi connectivity index (χ0v) is 19.7. The minimum atomic E-state index is -4.23. The third-order valence-electron chi connectivity index (χ3n) is 4.63. The third kappa shape index (κ3) is 6.39. The van der Waals surface area contributed by atoms with Crippen LogP contribution in [-0.4, -0.2) is 41.4 Å². The van der Waals surface area contributed by atoms with Gasteiger partial charge in [0.2, 0.25) is 0 Å². The summed E-state index contributed by atoms with van der Waals surface area (Å²) in [6.07, 6.45) is 3.27. The molecule has 2 aromatic rings. The van der Waals surface area contributed by atoms with Crippen molar-refractivity contribution in [3.05, 3.63) is 59.7 Å². The van der Waals surface area contributed by atoms with E-state index in [9.17, 15) is 19.8 Å². The van der Waals surface area contributed by atoms with E-state index in [-0.39, 0.29) is 22.6 Å². The molecule has 0 saturated heterocycles. The molecule has 7 heteroatoms. The fraction of sp³-hybridized carbons (Fsp3) is 0.364. The van der Waals surface area contributed by atoms with Crippen LogP contribution in [-0.2, 0) is 6.15 Å². The van der Waals surface area contributed by atoms with E-state index in [0.717, 1.165) is 25.7 Å². The zero-order chi connectivity index (χ0) is 21.3. The summed E-state index contributed by atoms with van der Waals surface area (Å²) in [7, 11) is 0. The van der Waals surface area contributed by atoms with Crippen LogP contribution in [0.2, 0.25) is 8.87 Å². The molecule has 0 bridgehead atoms. The van der Waals surface area contributed by atoms with Crippen LogP contribution in [0.3, 0.4) is 0 Å². The average Bonchev–Trinajstić information content (AvgIpc) is 2.71. The molecule has 2 N–H and O–H groups in total. The van der Waals surface area contributed by atoms with E-state index >= 15 is 0 Å². The Bertz CT molecular complexity index is 766. The van der Waals surface area contributed by atoms with Crippen LogP contribution >= 0.6 is 0 Å². The first kappa shape index (κ1) is 23.1. The number of rotatable bonds is 10. The Balaban J connectivity index is 2.35. The van der Waals surface area contributed by atoms with Crippen LogP contribution in [0.15, 0.2) is 48.5 Å². The van der Waals surface area contributed by atoms with E-state index in [1.54, 1.807) is 24.3 Å². The second-order valence-electron chi connectivity index (χ2n) is 6.93. The number of carbonyl (C=O) groups is 2. The predicted molar refractivity (Wildman–Crippen MR) is 112 cm³/mol. The summed E-state index contributed by atoms with van der Waals surface area (Å²) in [5, 5.41) is 20.0. The number of aromatic hydroxyl groups is 2. The predicted octanol–water partition coefficient (Wildman–Crippen LogP) is 5.15. The normalized spacial score (nSPS) is 11.1. The van der Waals surface area contributed by atoms with Crippen LogP contribution < -0.4 is 0 Å². The van der Waals surface area contributed by atoms with Gasteiger partial charge in [-0.3, -0.25) is 0 Å². The van der Waals surface area contributed by atoms with Gasteiger partial charge in [-0.25, -0.2) is 0 Å². The quantitative estimate of drug-likeness (QED) is 0.432. The van der Waals surface area contributed by atoms with Gasteiger partial charge >= 0.3 is 177 Å². The molecule has 0 unspecified atom stereocenters. The third-order valence-corrected chi connectivity index (χ3v) is 14.2. The maximum atomic E-state index is 12.8. The molecule has 0 radical (unpaired) electrons. The maximum absolute atomic E-state index is 12.8. The van der Waals surface area contributed by atoms with Crippen molar-refractivity contribution in [1.82, 2.24) is 0 Å². The van der Waals surface area contributed by atoms with Gasteiger partial charge < -0.3 is 0 Å². The van der Waals surface area contributed by atoms with Crippen molar-refractivity contribution in [2.24, 2.45) is 0 Å². The monoisotopic (exact) mass is 508 g/mol. The first-order chi connectivity index (χ1) is 13.9. The number of phenols is 2. The van der Waals surface area contributed by atoms with Crippen molar-refractivity contribution in [2.75, 3.05) is 0 Å². The van der Waals surface area contributed by atoms with Crippen molar-refractivity contribution in [3.63, 3.8) is 0 Å². The van der Waals surface area contributed by atoms with Gasteiger partial charge in [0.05, 0.1) is 0 Å². The second-order valence-corrected chi connectivity index (χ2v) is 16.1. The first-order valence-electron chi connectivity index (χ1n) is 9.95. The Labute approximate surface area is 176 Å². The van der Waals surface area contributed by atoms with Crippen molar-refractivity contribution >= 4 is 31.1 Å². The van der Waals surface area contributed by atoms with Crippen LogP contribution in [0.5, 0.6) is 11.5 Å². The summed E-state index contributed by atoms with van der Waals surface area (Å²) in [6, 6.07) is 12.3. The van der Waals surface area contributed by atoms with Crippen LogP contribution in [0.1, 0.15) is 60.2 Å². The first-order valence-corrected chi connectivity index (χ1v) is 16.3. The number of benzene rings is 2. The molecule has 0 aliphatic rings. The van der Waals surface area contributed by atoms with E-state index in [1.807, 2.05) is 13.8 Å². The Morgan fingerprint density at radius 2 is 1.14 bits per heavy atom. The SMILES string of the molecule is CCC[CH2][Sn]([CH2]CCC)([O]C(=O)c1ccccc1O)[O]C(=O)c1ccccc1O. The molecule has 0 amide bonds. The molecule has 0 aliphatic carbocycles. The van der Waals surface area contributed by atoms with Crippen molar-refractivity contribution < 1.29 is 26.0 Å². The van der Waals surface area contributed by atoms with Gasteiger partial charge in [0.1, 0.15) is 0 Å². The minimum absolute atomic E-state index is 0.0557. The Hall–Kier alpha value is -2.22. The number of carbonyl (C=O) groups excluding carboxylic acids is 2. The van der Waals surface area contributed by atoms with E-state index in [0.29, 0.717) is 8.87 Å². The molecule has 156 valence electrons. The average molecular weight is 507 g/mol. The molecule has 2 aromatic carbocycles. The Morgan fingerprint density at radius 3 is 1.48 bits per heavy atom. The molecular weight excluding hydrogens is 479 g/mol. The summed E-state index contributed by atoms with van der Waals surface area (Å²) in [5.41, 5.74) is 0.111. The number of hydrogen-bond donors (Lipinski definition) is 2. The van der Waals surface area contributed by atoms with Crippen LogP contribution in [0, 0.1) is 0 Å². The number of phenolic OH excluding ortho intramolecular Hbond substituents is 2. The van der Waals surface area contributed by atoms with Crippen molar-refractivity contribution in [1.29, 1.82) is 0 Å². The summed E-state index contributed by atoms with van der Waals surface area (Å²) < 4.78 is 12.9. The molecule has 2 rings (SSSR count). The number of para-hydroxylation sites is 2. The Morgan fingerprint density at radius 1 is 0.759 bits per heavy atom. The van der Waals surface area contributed by atoms with Crippen molar-refractivity contribution in [2.45, 2.75) is 48.4 Å². The molecule has 0 aliphatic heterocycles. The fourth-order valence-corrected chi connectivity index (χ4v) is 12.6. The van der Waals surface area contributed by atoms with Gasteiger partial charge in [-0.2, -0.15) is 0 Å². The number of hydrogen-bond acceptors (Lipinski definition) is 6. The van der Waals surface area contributed by atoms with Gasteiger partial charge in [0, 0.05) is 0 Å². The van der Waals surface area contributed by atoms with Gasteiger partial charge in [0.25, 0.3) is 0 Å². The molecule has 0 fully saturated rings. The molecule has 6 nitrogen and oxygen atoms in total. The van der Waals surface area contributed by atoms with E-state index in [1.165, 1.54) is 24.3 Å². The van der Waals surface area contributed by atoms with Gasteiger partial charge in [-0.15, -0.1) is 0 Å². The molecule has 0 spiro atoms. The number of unbranched alkanes of at least 4 members (excludes halogenated alkanes) is 2. The van der Waals surface area contributed by atoms with Gasteiger partial charge in [-0.1, -0.05) is 0 Å². The molecular formula is C22H28O6Sn. The molecule has 29 heavy (non-hydrogen) atoms. The van der Waals surface area contributed by atoms with Crippen LogP contribution in [0.25, 0.3) is 0 Å². The molecule has 0 aromatic heterocycles. The molecule has 0 heterocycles. The van der Waals surface area contributed by atoms with E-state index in [4.69, 9.17) is 6.15 Å². The van der Waals surface area contributed by atoms with Crippen molar-refractivity contribution in [3.8, 4) is 11.5 Å². The zero-order valence-electron chi connectivity index (χ0n) is 16.9. The standard InChI is InChI=1S/2C7H6O3.2C4H9.Sn/c2*8-6-4-2-1-3-5(6)7(9)10;2*1-3-4-2;/h2*1-4,8H,(H,9,10);2*1,3-4H2,2H3;/q;;;;+2/p-2. The second kappa shape index (κ2) is 11.1. The topological polar surface area (TPSA) is 93.1 Å². The fourth-order valence-electron chi connectivity index (χ4n) is 2.98. The van der Waals surface area contributed by atoms with Gasteiger partial charge in [0.15, 0.2) is 0 Å². The van der Waals surface area contributed by atoms with Gasteiger partial charge in [-0.05, 0) is 0 Å². The molecule has 0 atom stereocenters. The Kier molecular flexibility index (Phi) is 8.82. The van der Waals surface area contributed by atoms with E-state index in [2.05, 4.69) is 0 Å². The summed E-state index contributed by atoms with van der Waals surface area (Å²) in [4.78, 5) is 25.6. The summed E-state index contributed by atoms with van der Waals surface area (Å²) in [5.74, 6) is -1.68. The van der Waals surface area contributed by atoms with E-state index < -0.39 is 31.1 Å².